The van der Waals surface area contributed by atoms with Crippen LogP contribution in [-0.4, -0.2) is 60.5 Å². The van der Waals surface area contributed by atoms with Crippen molar-refractivity contribution in [2.75, 3.05) is 19.6 Å². The molecule has 5 fully saturated rings. The summed E-state index contributed by atoms with van der Waals surface area (Å²) < 4.78 is 15.6. The Hall–Kier alpha value is -2.75. The van der Waals surface area contributed by atoms with Gasteiger partial charge in [-0.3, -0.25) is 19.2 Å². The fraction of sp³-hybridized carbons (Fsp3) is 0.760. The summed E-state index contributed by atoms with van der Waals surface area (Å²) in [5, 5.41) is 16.7. The van der Waals surface area contributed by atoms with Gasteiger partial charge in [0, 0.05) is 40.4 Å². The van der Waals surface area contributed by atoms with Gasteiger partial charge < -0.3 is 26.2 Å². The number of carbonyl (C=O) groups excluding carboxylic acids is 3. The van der Waals surface area contributed by atoms with Gasteiger partial charge in [0.2, 0.25) is 0 Å². The van der Waals surface area contributed by atoms with E-state index in [-0.39, 0.29) is 70.0 Å². The van der Waals surface area contributed by atoms with Crippen molar-refractivity contribution in [2.45, 2.75) is 151 Å². The SMILES string of the molecule is [2H]C(CCN)(CNCC[C@@]12CC[C@]3(C)[C@H](CC[C@@H]4[C@@]5(C)CC[C@H](OC(=O)[C@H]6C[C@@H](C(=O)O)C6(C)C)C(C)(C)[C@@H]5CC[C@]43C)C1=C(C(C)C)C(=O)C2)NC(=O)c1ccc(Cl)cc1. The molecular formula is C50H74ClN3O6. The summed E-state index contributed by atoms with van der Waals surface area (Å²) in [6, 6.07) is 5.35. The van der Waals surface area contributed by atoms with Crippen molar-refractivity contribution in [3.8, 4) is 0 Å². The number of hydrogen-bond donors (Lipinski definition) is 4. The number of carbonyl (C=O) groups is 4. The second-order valence-corrected chi connectivity index (χ2v) is 22.7. The average molecular weight is 850 g/mol. The average Bonchev–Trinajstić information content (AvgIpc) is 3.46. The summed E-state index contributed by atoms with van der Waals surface area (Å²) in [4.78, 5) is 52.8. The van der Waals surface area contributed by atoms with Crippen LogP contribution in [-0.2, 0) is 19.1 Å². The van der Waals surface area contributed by atoms with E-state index in [1.54, 1.807) is 24.3 Å². The maximum atomic E-state index is 14.2. The van der Waals surface area contributed by atoms with Gasteiger partial charge in [-0.05, 0) is 159 Å². The molecule has 9 nitrogen and oxygen atoms in total. The number of aliphatic carboxylic acids is 1. The number of amides is 1. The number of hydrogen-bond acceptors (Lipinski definition) is 7. The summed E-state index contributed by atoms with van der Waals surface area (Å²) in [7, 11) is 0. The molecule has 0 aromatic heterocycles. The van der Waals surface area contributed by atoms with E-state index in [1.165, 1.54) is 5.57 Å². The first kappa shape index (κ1) is 43.9. The molecule has 10 heteroatoms. The summed E-state index contributed by atoms with van der Waals surface area (Å²) in [5.74, 6) is -0.640. The number of rotatable bonds is 13. The minimum Gasteiger partial charge on any atom is -0.481 e. The highest BCUT2D eigenvalue weighted by Crippen LogP contribution is 2.77. The van der Waals surface area contributed by atoms with Crippen molar-refractivity contribution >= 4 is 35.2 Å². The minimum atomic E-state index is -1.29. The lowest BCUT2D eigenvalue weighted by Crippen LogP contribution is -2.66. The molecule has 6 aliphatic carbocycles. The number of nitrogens with one attached hydrogen (secondary N) is 2. The lowest BCUT2D eigenvalue weighted by atomic mass is 9.33. The van der Waals surface area contributed by atoms with Crippen molar-refractivity contribution in [1.29, 1.82) is 0 Å². The zero-order chi connectivity index (χ0) is 44.7. The lowest BCUT2D eigenvalue weighted by molar-refractivity contribution is -0.236. The molecule has 1 aromatic rings. The number of benzene rings is 1. The molecule has 0 spiro atoms. The largest absolute Gasteiger partial charge is 0.481 e. The monoisotopic (exact) mass is 849 g/mol. The minimum absolute atomic E-state index is 0.0221. The number of Topliss-reactive ketones (excluding diaryl/α,β-unsaturated/α-hetero) is 1. The Morgan fingerprint density at radius 3 is 2.25 bits per heavy atom. The molecule has 7 rings (SSSR count). The molecule has 0 bridgehead atoms. The molecule has 1 aromatic carbocycles. The zero-order valence-electron chi connectivity index (χ0n) is 38.9. The van der Waals surface area contributed by atoms with Crippen molar-refractivity contribution in [3.63, 3.8) is 0 Å². The molecule has 5 saturated carbocycles. The van der Waals surface area contributed by atoms with Crippen LogP contribution < -0.4 is 16.4 Å². The van der Waals surface area contributed by atoms with Crippen molar-refractivity contribution < 1.29 is 30.4 Å². The van der Waals surface area contributed by atoms with Gasteiger partial charge >= 0.3 is 11.9 Å². The van der Waals surface area contributed by atoms with Crippen LogP contribution >= 0.6 is 11.6 Å². The van der Waals surface area contributed by atoms with Gasteiger partial charge in [-0.1, -0.05) is 79.5 Å². The van der Waals surface area contributed by atoms with Gasteiger partial charge in [0.1, 0.15) is 6.10 Å². The summed E-state index contributed by atoms with van der Waals surface area (Å²) in [6.07, 6.45) is 10.0. The molecule has 332 valence electrons. The number of allylic oxidation sites excluding steroid dienone is 2. The van der Waals surface area contributed by atoms with Crippen molar-refractivity contribution in [1.82, 2.24) is 10.6 Å². The van der Waals surface area contributed by atoms with Gasteiger partial charge in [-0.25, -0.2) is 0 Å². The third kappa shape index (κ3) is 7.20. The fourth-order valence-corrected chi connectivity index (χ4v) is 15.1. The Bertz CT molecular complexity index is 1950. The smallest absolute Gasteiger partial charge is 0.309 e. The number of ketones is 1. The van der Waals surface area contributed by atoms with E-state index in [1.807, 2.05) is 13.8 Å². The molecule has 5 N–H and O–H groups in total. The number of nitrogens with two attached hydrogens (primary N) is 1. The highest BCUT2D eigenvalue weighted by Gasteiger charge is 2.70. The van der Waals surface area contributed by atoms with Crippen LogP contribution in [0.4, 0.5) is 0 Å². The standard InChI is InChI=1S/C50H74ClN3O6/c1-29(2)40-36(55)27-50(23-25-53-28-32(18-24-52)54-42(56)30-10-12-31(51)13-11-30)22-21-48(8)33(41(40)50)14-15-38-47(7)19-17-39(46(5,6)37(47)16-20-49(38,48)9)60-44(59)35-26-34(43(57)58)45(35,3)4/h10-13,29,32-35,37-39,53H,14-28,52H2,1-9H3,(H,54,56)(H,57,58)/t32?,33-,34+,35-,37+,38-,39+,47+,48-,49-,50-/m1/s1/i32D. The number of ether oxygens (including phenoxy) is 1. The topological polar surface area (TPSA) is 148 Å². The van der Waals surface area contributed by atoms with Gasteiger partial charge in [0.15, 0.2) is 5.78 Å². The molecule has 0 radical (unpaired) electrons. The van der Waals surface area contributed by atoms with Crippen LogP contribution in [0.25, 0.3) is 0 Å². The van der Waals surface area contributed by atoms with Crippen LogP contribution in [0.3, 0.4) is 0 Å². The maximum absolute atomic E-state index is 14.2. The molecule has 1 unspecified atom stereocenters. The Balaban J connectivity index is 1.07. The van der Waals surface area contributed by atoms with Gasteiger partial charge in [-0.15, -0.1) is 0 Å². The molecule has 1 amide bonds. The third-order valence-corrected chi connectivity index (χ3v) is 18.8. The zero-order valence-corrected chi connectivity index (χ0v) is 38.7. The van der Waals surface area contributed by atoms with E-state index in [2.05, 4.69) is 59.1 Å². The van der Waals surface area contributed by atoms with E-state index < -0.39 is 23.3 Å². The highest BCUT2D eigenvalue weighted by atomic mass is 35.5. The Morgan fingerprint density at radius 1 is 0.917 bits per heavy atom. The highest BCUT2D eigenvalue weighted by molar-refractivity contribution is 6.30. The first-order valence-corrected chi connectivity index (χ1v) is 23.5. The van der Waals surface area contributed by atoms with Crippen LogP contribution in [0, 0.1) is 68.0 Å². The van der Waals surface area contributed by atoms with Gasteiger partial charge in [0.25, 0.3) is 5.91 Å². The fourth-order valence-electron chi connectivity index (χ4n) is 15.0. The lowest BCUT2D eigenvalue weighted by Gasteiger charge is -2.72. The first-order valence-electron chi connectivity index (χ1n) is 23.6. The Morgan fingerprint density at radius 2 is 1.62 bits per heavy atom. The van der Waals surface area contributed by atoms with Crippen molar-refractivity contribution in [3.05, 3.63) is 46.0 Å². The third-order valence-electron chi connectivity index (χ3n) is 18.6. The van der Waals surface area contributed by atoms with Gasteiger partial charge in [0.05, 0.1) is 13.2 Å². The van der Waals surface area contributed by atoms with Gasteiger partial charge in [-0.2, -0.15) is 0 Å². The predicted octanol–water partition coefficient (Wildman–Crippen LogP) is 9.41. The van der Waals surface area contributed by atoms with E-state index in [9.17, 15) is 25.7 Å². The first-order chi connectivity index (χ1) is 28.4. The summed E-state index contributed by atoms with van der Waals surface area (Å²) in [5.41, 5.74) is 8.02. The Kier molecular flexibility index (Phi) is 11.8. The van der Waals surface area contributed by atoms with E-state index in [0.29, 0.717) is 59.9 Å². The molecule has 60 heavy (non-hydrogen) atoms. The van der Waals surface area contributed by atoms with E-state index in [0.717, 1.165) is 63.4 Å². The normalized spacial score (nSPS) is 38.9. The summed E-state index contributed by atoms with van der Waals surface area (Å²) in [6.45, 7) is 21.6. The number of fused-ring (bicyclic) bond motifs is 7. The molecule has 0 saturated heterocycles. The predicted molar refractivity (Wildman–Crippen MR) is 236 cm³/mol. The van der Waals surface area contributed by atoms with Crippen LogP contribution in [0.15, 0.2) is 35.4 Å². The van der Waals surface area contributed by atoms with E-state index >= 15 is 0 Å². The summed E-state index contributed by atoms with van der Waals surface area (Å²) >= 11 is 6.04. The van der Waals surface area contributed by atoms with Crippen molar-refractivity contribution in [2.24, 2.45) is 73.7 Å². The van der Waals surface area contributed by atoms with Crippen LogP contribution in [0.5, 0.6) is 0 Å². The molecule has 6 aliphatic rings. The second-order valence-electron chi connectivity index (χ2n) is 22.3. The van der Waals surface area contributed by atoms with E-state index in [4.69, 9.17) is 22.1 Å². The number of carboxylic acid groups (broad SMARTS) is 1. The molecule has 0 heterocycles. The quantitative estimate of drug-likeness (QED) is 0.113. The Labute approximate surface area is 365 Å². The number of halogens is 1. The van der Waals surface area contributed by atoms with Crippen LogP contribution in [0.1, 0.15) is 151 Å². The number of carboxylic acids is 1. The molecule has 0 aliphatic heterocycles. The maximum Gasteiger partial charge on any atom is 0.309 e. The molecule has 11 atom stereocenters. The van der Waals surface area contributed by atoms with Crippen LogP contribution in [0.2, 0.25) is 5.02 Å². The molecular weight excluding hydrogens is 774 g/mol. The second kappa shape index (κ2) is 16.1. The number of esters is 1.